The number of hydrogen-bond acceptors (Lipinski definition) is 1. The zero-order valence-electron chi connectivity index (χ0n) is 5.76. The molecule has 2 aromatic heterocycles. The van der Waals surface area contributed by atoms with Crippen LogP contribution in [0.1, 0.15) is 5.69 Å². The van der Waals surface area contributed by atoms with Crippen LogP contribution < -0.4 is 0 Å². The lowest BCUT2D eigenvalue weighted by atomic mass is 10.3. The minimum Gasteiger partial charge on any atom is -0.344 e. The van der Waals surface area contributed by atoms with Crippen LogP contribution in [0.2, 0.25) is 0 Å². The summed E-state index contributed by atoms with van der Waals surface area (Å²) in [4.78, 5) is 7.29. The van der Waals surface area contributed by atoms with Crippen molar-refractivity contribution in [3.8, 4) is 0 Å². The highest BCUT2D eigenvalue weighted by molar-refractivity contribution is 5.75. The van der Waals surface area contributed by atoms with E-state index in [4.69, 9.17) is 0 Å². The number of H-pyrrole nitrogens is 1. The summed E-state index contributed by atoms with van der Waals surface area (Å²) in [5.41, 5.74) is 2.13. The Kier molecular flexibility index (Phi) is 1.01. The molecule has 1 N–H and O–H groups in total. The summed E-state index contributed by atoms with van der Waals surface area (Å²) < 4.78 is 0. The molecule has 10 heavy (non-hydrogen) atoms. The minimum atomic E-state index is 0.972. The zero-order valence-corrected chi connectivity index (χ0v) is 5.76. The average molecular weight is 132 g/mol. The molecule has 0 saturated carbocycles. The second kappa shape index (κ2) is 1.84. The molecule has 2 heterocycles. The highest BCUT2D eigenvalue weighted by Gasteiger charge is 1.93. The van der Waals surface area contributed by atoms with Crippen LogP contribution in [-0.2, 0) is 0 Å². The summed E-state index contributed by atoms with van der Waals surface area (Å²) in [5, 5.41) is 1.18. The molecule has 0 fully saturated rings. The summed E-state index contributed by atoms with van der Waals surface area (Å²) >= 11 is 0. The van der Waals surface area contributed by atoms with E-state index < -0.39 is 0 Å². The monoisotopic (exact) mass is 132 g/mol. The molecule has 0 bridgehead atoms. The summed E-state index contributed by atoms with van der Waals surface area (Å²) in [6.45, 7) is 2.03. The first-order valence-electron chi connectivity index (χ1n) is 3.26. The first kappa shape index (κ1) is 5.47. The Balaban J connectivity index is 2.88. The minimum absolute atomic E-state index is 0.972. The zero-order chi connectivity index (χ0) is 6.97. The number of nitrogens with zero attached hydrogens (tertiary/aromatic N) is 1. The van der Waals surface area contributed by atoms with E-state index in [0.29, 0.717) is 0 Å². The first-order valence-corrected chi connectivity index (χ1v) is 3.26. The largest absolute Gasteiger partial charge is 0.344 e. The Bertz CT molecular complexity index is 316. The number of fused-ring (bicyclic) bond motifs is 1. The van der Waals surface area contributed by atoms with Crippen molar-refractivity contribution >= 4 is 11.0 Å². The number of aryl methyl sites for hydroxylation is 1. The van der Waals surface area contributed by atoms with Crippen molar-refractivity contribution in [1.29, 1.82) is 0 Å². The first-order chi connectivity index (χ1) is 4.86. The van der Waals surface area contributed by atoms with Crippen LogP contribution in [-0.4, -0.2) is 9.97 Å². The number of pyridine rings is 1. The summed E-state index contributed by atoms with van der Waals surface area (Å²) in [7, 11) is 0. The van der Waals surface area contributed by atoms with Crippen LogP contribution in [0.25, 0.3) is 11.0 Å². The van der Waals surface area contributed by atoms with Crippen LogP contribution in [0, 0.1) is 6.92 Å². The van der Waals surface area contributed by atoms with Gasteiger partial charge in [0.05, 0.1) is 0 Å². The number of aromatic amines is 1. The topological polar surface area (TPSA) is 28.7 Å². The van der Waals surface area contributed by atoms with Gasteiger partial charge in [0, 0.05) is 17.3 Å². The molecule has 2 nitrogen and oxygen atoms in total. The third-order valence-corrected chi connectivity index (χ3v) is 1.53. The molecule has 0 amide bonds. The Morgan fingerprint density at radius 1 is 1.50 bits per heavy atom. The fourth-order valence-corrected chi connectivity index (χ4v) is 1.09. The highest BCUT2D eigenvalue weighted by atomic mass is 14.8. The van der Waals surface area contributed by atoms with Gasteiger partial charge in [0.25, 0.3) is 0 Å². The number of hydrogen-bond donors (Lipinski definition) is 1. The van der Waals surface area contributed by atoms with Gasteiger partial charge >= 0.3 is 0 Å². The van der Waals surface area contributed by atoms with Gasteiger partial charge in [0.1, 0.15) is 5.65 Å². The standard InChI is InChI=1S/C8H8N2/c1-6-5-7-3-2-4-9-8(7)10-6/h2-5H,1H3,(H,9,10). The van der Waals surface area contributed by atoms with E-state index in [1.807, 2.05) is 19.1 Å². The molecule has 0 aliphatic carbocycles. The van der Waals surface area contributed by atoms with E-state index in [9.17, 15) is 0 Å². The van der Waals surface area contributed by atoms with Crippen molar-refractivity contribution in [3.63, 3.8) is 0 Å². The molecule has 2 heteroatoms. The van der Waals surface area contributed by atoms with Gasteiger partial charge in [-0.1, -0.05) is 0 Å². The molecule has 0 saturated heterocycles. The molecule has 0 aromatic carbocycles. The van der Waals surface area contributed by atoms with Crippen molar-refractivity contribution in [2.45, 2.75) is 6.92 Å². The molecule has 2 aromatic rings. The fourth-order valence-electron chi connectivity index (χ4n) is 1.09. The van der Waals surface area contributed by atoms with Crippen LogP contribution in [0.15, 0.2) is 24.4 Å². The molecule has 50 valence electrons. The van der Waals surface area contributed by atoms with Gasteiger partial charge in [-0.3, -0.25) is 0 Å². The van der Waals surface area contributed by atoms with Gasteiger partial charge in [-0.2, -0.15) is 0 Å². The molecule has 0 aliphatic heterocycles. The van der Waals surface area contributed by atoms with Crippen LogP contribution in [0.4, 0.5) is 0 Å². The maximum Gasteiger partial charge on any atom is 0.137 e. The van der Waals surface area contributed by atoms with Crippen molar-refractivity contribution < 1.29 is 0 Å². The van der Waals surface area contributed by atoms with E-state index in [1.54, 1.807) is 6.20 Å². The summed E-state index contributed by atoms with van der Waals surface area (Å²) in [6.07, 6.45) is 1.79. The lowest BCUT2D eigenvalue weighted by Crippen LogP contribution is -1.72. The fraction of sp³-hybridized carbons (Fsp3) is 0.125. The second-order valence-corrected chi connectivity index (χ2v) is 2.39. The Morgan fingerprint density at radius 3 is 3.20 bits per heavy atom. The number of rotatable bonds is 0. The van der Waals surface area contributed by atoms with Crippen LogP contribution in [0.5, 0.6) is 0 Å². The third kappa shape index (κ3) is 0.692. The lowest BCUT2D eigenvalue weighted by molar-refractivity contribution is 1.25. The van der Waals surface area contributed by atoms with Crippen molar-refractivity contribution in [1.82, 2.24) is 9.97 Å². The van der Waals surface area contributed by atoms with Gasteiger partial charge < -0.3 is 4.98 Å². The molecule has 2 rings (SSSR count). The normalized spacial score (nSPS) is 10.5. The Morgan fingerprint density at radius 2 is 2.40 bits per heavy atom. The van der Waals surface area contributed by atoms with Gasteiger partial charge in [-0.15, -0.1) is 0 Å². The van der Waals surface area contributed by atoms with E-state index in [0.717, 1.165) is 11.3 Å². The highest BCUT2D eigenvalue weighted by Crippen LogP contribution is 2.10. The summed E-state index contributed by atoms with van der Waals surface area (Å²) in [5.74, 6) is 0. The SMILES string of the molecule is Cc1cc2cccnc2[nH]1. The van der Waals surface area contributed by atoms with E-state index >= 15 is 0 Å². The van der Waals surface area contributed by atoms with Gasteiger partial charge in [0.15, 0.2) is 0 Å². The van der Waals surface area contributed by atoms with E-state index in [1.165, 1.54) is 5.39 Å². The van der Waals surface area contributed by atoms with Crippen molar-refractivity contribution in [3.05, 3.63) is 30.1 Å². The number of aromatic nitrogens is 2. The maximum atomic E-state index is 4.15. The maximum absolute atomic E-state index is 4.15. The van der Waals surface area contributed by atoms with Gasteiger partial charge in [0.2, 0.25) is 0 Å². The Hall–Kier alpha value is -1.31. The third-order valence-electron chi connectivity index (χ3n) is 1.53. The molecule has 0 radical (unpaired) electrons. The van der Waals surface area contributed by atoms with E-state index in [2.05, 4.69) is 16.0 Å². The molecular weight excluding hydrogens is 124 g/mol. The summed E-state index contributed by atoms with van der Waals surface area (Å²) in [6, 6.07) is 6.07. The van der Waals surface area contributed by atoms with Crippen molar-refractivity contribution in [2.24, 2.45) is 0 Å². The van der Waals surface area contributed by atoms with Gasteiger partial charge in [-0.25, -0.2) is 4.98 Å². The quantitative estimate of drug-likeness (QED) is 0.582. The molecule has 0 spiro atoms. The Labute approximate surface area is 58.9 Å². The average Bonchev–Trinajstić information content (AvgIpc) is 2.27. The number of nitrogens with one attached hydrogen (secondary N) is 1. The lowest BCUT2D eigenvalue weighted by Gasteiger charge is -1.82. The smallest absolute Gasteiger partial charge is 0.137 e. The molecule has 0 unspecified atom stereocenters. The predicted molar refractivity (Wildman–Crippen MR) is 40.8 cm³/mol. The van der Waals surface area contributed by atoms with Crippen LogP contribution in [0.3, 0.4) is 0 Å². The second-order valence-electron chi connectivity index (χ2n) is 2.39. The molecule has 0 atom stereocenters. The van der Waals surface area contributed by atoms with Crippen molar-refractivity contribution in [2.75, 3.05) is 0 Å². The predicted octanol–water partition coefficient (Wildman–Crippen LogP) is 1.87. The van der Waals surface area contributed by atoms with Crippen LogP contribution >= 0.6 is 0 Å². The van der Waals surface area contributed by atoms with Gasteiger partial charge in [-0.05, 0) is 25.1 Å². The molecular formula is C8H8N2. The van der Waals surface area contributed by atoms with E-state index in [-0.39, 0.29) is 0 Å². The molecule has 0 aliphatic rings.